The predicted molar refractivity (Wildman–Crippen MR) is 75.2 cm³/mol. The number of aliphatic imine (C=N–C) groups is 1. The largest absolute Gasteiger partial charge is 0.454 e. The molecule has 0 spiro atoms. The minimum absolute atomic E-state index is 0. The molecule has 16 heavy (non-hydrogen) atoms. The Kier molecular flexibility index (Phi) is 4.66. The highest BCUT2D eigenvalue weighted by Crippen LogP contribution is 2.40. The van der Waals surface area contributed by atoms with Gasteiger partial charge in [-0.2, -0.15) is 0 Å². The Morgan fingerprint density at radius 1 is 1.38 bits per heavy atom. The van der Waals surface area contributed by atoms with E-state index in [1.165, 1.54) is 0 Å². The van der Waals surface area contributed by atoms with E-state index in [0.29, 0.717) is 12.3 Å². The first kappa shape index (κ1) is 13.4. The van der Waals surface area contributed by atoms with Crippen molar-refractivity contribution in [3.05, 3.63) is 22.2 Å². The van der Waals surface area contributed by atoms with Crippen LogP contribution in [0.5, 0.6) is 11.5 Å². The van der Waals surface area contributed by atoms with Crippen LogP contribution in [0.2, 0.25) is 0 Å². The topological polar surface area (TPSA) is 82.9 Å². The van der Waals surface area contributed by atoms with Crippen molar-refractivity contribution in [2.24, 2.45) is 16.5 Å². The van der Waals surface area contributed by atoms with Crippen molar-refractivity contribution < 1.29 is 9.47 Å². The van der Waals surface area contributed by atoms with Crippen LogP contribution in [0.1, 0.15) is 5.56 Å². The third-order valence-corrected chi connectivity index (χ3v) is 2.52. The fourth-order valence-electron chi connectivity index (χ4n) is 1.29. The molecule has 5 nitrogen and oxygen atoms in total. The SMILES string of the molecule is I.NC(N)=NCc1cc(Br)c2c(c1)OCO2. The van der Waals surface area contributed by atoms with Crippen molar-refractivity contribution in [1.82, 2.24) is 0 Å². The normalized spacial score (nSPS) is 11.8. The number of benzene rings is 1. The lowest BCUT2D eigenvalue weighted by Crippen LogP contribution is -2.22. The van der Waals surface area contributed by atoms with Gasteiger partial charge in [0, 0.05) is 0 Å². The smallest absolute Gasteiger partial charge is 0.231 e. The molecule has 4 N–H and O–H groups in total. The molecule has 88 valence electrons. The molecule has 1 aromatic rings. The first-order chi connectivity index (χ1) is 7.16. The second-order valence-corrected chi connectivity index (χ2v) is 3.91. The zero-order valence-corrected chi connectivity index (χ0v) is 12.2. The van der Waals surface area contributed by atoms with E-state index < -0.39 is 0 Å². The summed E-state index contributed by atoms with van der Waals surface area (Å²) in [5.41, 5.74) is 11.5. The summed E-state index contributed by atoms with van der Waals surface area (Å²) in [5, 5.41) is 0. The molecular weight excluding hydrogens is 389 g/mol. The van der Waals surface area contributed by atoms with E-state index >= 15 is 0 Å². The van der Waals surface area contributed by atoms with E-state index in [2.05, 4.69) is 20.9 Å². The number of hydrogen-bond acceptors (Lipinski definition) is 3. The van der Waals surface area contributed by atoms with Crippen LogP contribution in [-0.4, -0.2) is 12.8 Å². The molecular formula is C9H11BrIN3O2. The number of ether oxygens (including phenoxy) is 2. The Labute approximate surface area is 118 Å². The van der Waals surface area contributed by atoms with Crippen LogP contribution in [0.25, 0.3) is 0 Å². The number of rotatable bonds is 2. The Bertz CT molecular complexity index is 421. The number of halogens is 2. The van der Waals surface area contributed by atoms with Crippen LogP contribution in [0.4, 0.5) is 0 Å². The van der Waals surface area contributed by atoms with Crippen LogP contribution in [0, 0.1) is 0 Å². The minimum atomic E-state index is 0. The summed E-state index contributed by atoms with van der Waals surface area (Å²) in [6.45, 7) is 0.678. The summed E-state index contributed by atoms with van der Waals surface area (Å²) in [5.74, 6) is 1.51. The van der Waals surface area contributed by atoms with Gasteiger partial charge in [0.2, 0.25) is 6.79 Å². The summed E-state index contributed by atoms with van der Waals surface area (Å²) in [6, 6.07) is 3.76. The number of hydrogen-bond donors (Lipinski definition) is 2. The van der Waals surface area contributed by atoms with Crippen molar-refractivity contribution in [2.45, 2.75) is 6.54 Å². The Morgan fingerprint density at radius 2 is 2.12 bits per heavy atom. The summed E-state index contributed by atoms with van der Waals surface area (Å²) in [6.07, 6.45) is 0. The first-order valence-corrected chi connectivity index (χ1v) is 5.09. The van der Waals surface area contributed by atoms with Gasteiger partial charge in [0.1, 0.15) is 0 Å². The molecule has 0 saturated heterocycles. The Morgan fingerprint density at radius 3 is 2.81 bits per heavy atom. The van der Waals surface area contributed by atoms with Crippen molar-refractivity contribution >= 4 is 45.9 Å². The molecule has 0 fully saturated rings. The van der Waals surface area contributed by atoms with Gasteiger partial charge in [-0.05, 0) is 33.6 Å². The standard InChI is InChI=1S/C9H10BrN3O2.HI/c10-6-1-5(3-13-9(11)12)2-7-8(6)15-4-14-7;/h1-2H,3-4H2,(H4,11,12,13);1H. The van der Waals surface area contributed by atoms with Crippen molar-refractivity contribution in [2.75, 3.05) is 6.79 Å². The quantitative estimate of drug-likeness (QED) is 0.449. The molecule has 0 radical (unpaired) electrons. The molecule has 0 aliphatic carbocycles. The predicted octanol–water partition coefficient (Wildman–Crippen LogP) is 1.57. The average molecular weight is 400 g/mol. The van der Waals surface area contributed by atoms with Crippen LogP contribution in [0.15, 0.2) is 21.6 Å². The van der Waals surface area contributed by atoms with Gasteiger partial charge in [0.05, 0.1) is 11.0 Å². The third-order valence-electron chi connectivity index (χ3n) is 1.93. The van der Waals surface area contributed by atoms with E-state index in [1.807, 2.05) is 12.1 Å². The second kappa shape index (κ2) is 5.58. The monoisotopic (exact) mass is 399 g/mol. The zero-order chi connectivity index (χ0) is 10.8. The molecule has 7 heteroatoms. The van der Waals surface area contributed by atoms with Crippen molar-refractivity contribution in [3.63, 3.8) is 0 Å². The summed E-state index contributed by atoms with van der Waals surface area (Å²) in [7, 11) is 0. The maximum Gasteiger partial charge on any atom is 0.231 e. The number of nitrogens with two attached hydrogens (primary N) is 2. The molecule has 0 bridgehead atoms. The zero-order valence-electron chi connectivity index (χ0n) is 8.27. The minimum Gasteiger partial charge on any atom is -0.454 e. The molecule has 2 rings (SSSR count). The third kappa shape index (κ3) is 2.91. The van der Waals surface area contributed by atoms with Gasteiger partial charge in [0.25, 0.3) is 0 Å². The van der Waals surface area contributed by atoms with Gasteiger partial charge >= 0.3 is 0 Å². The van der Waals surface area contributed by atoms with Crippen molar-refractivity contribution in [1.29, 1.82) is 0 Å². The summed E-state index contributed by atoms with van der Waals surface area (Å²) < 4.78 is 11.4. The van der Waals surface area contributed by atoms with Gasteiger partial charge in [-0.25, -0.2) is 4.99 Å². The lowest BCUT2D eigenvalue weighted by Gasteiger charge is -2.02. The van der Waals surface area contributed by atoms with E-state index in [1.54, 1.807) is 0 Å². The van der Waals surface area contributed by atoms with Gasteiger partial charge < -0.3 is 20.9 Å². The number of nitrogens with zero attached hydrogens (tertiary/aromatic N) is 1. The van der Waals surface area contributed by atoms with Crippen LogP contribution >= 0.6 is 39.9 Å². The summed E-state index contributed by atoms with van der Waals surface area (Å²) >= 11 is 3.39. The van der Waals surface area contributed by atoms with Gasteiger partial charge in [0.15, 0.2) is 17.5 Å². The van der Waals surface area contributed by atoms with Gasteiger partial charge in [-0.15, -0.1) is 24.0 Å². The average Bonchev–Trinajstić information content (AvgIpc) is 2.63. The maximum absolute atomic E-state index is 5.26. The summed E-state index contributed by atoms with van der Waals surface area (Å²) in [4.78, 5) is 3.92. The Balaban J connectivity index is 0.00000128. The molecule has 0 atom stereocenters. The fraction of sp³-hybridized carbons (Fsp3) is 0.222. The van der Waals surface area contributed by atoms with Gasteiger partial charge in [-0.1, -0.05) is 0 Å². The first-order valence-electron chi connectivity index (χ1n) is 4.30. The number of fused-ring (bicyclic) bond motifs is 1. The molecule has 1 aliphatic rings. The van der Waals surface area contributed by atoms with E-state index in [9.17, 15) is 0 Å². The fourth-order valence-corrected chi connectivity index (χ4v) is 1.90. The molecule has 0 amide bonds. The molecule has 0 aromatic heterocycles. The van der Waals surface area contributed by atoms with E-state index in [-0.39, 0.29) is 36.7 Å². The Hall–Kier alpha value is -0.700. The lowest BCUT2D eigenvalue weighted by molar-refractivity contribution is 0.173. The van der Waals surface area contributed by atoms with E-state index in [0.717, 1.165) is 15.8 Å². The van der Waals surface area contributed by atoms with Crippen LogP contribution < -0.4 is 20.9 Å². The second-order valence-electron chi connectivity index (χ2n) is 3.05. The molecule has 1 aromatic carbocycles. The maximum atomic E-state index is 5.26. The highest BCUT2D eigenvalue weighted by Gasteiger charge is 2.17. The number of guanidine groups is 1. The van der Waals surface area contributed by atoms with Crippen molar-refractivity contribution in [3.8, 4) is 11.5 Å². The van der Waals surface area contributed by atoms with Crippen LogP contribution in [-0.2, 0) is 6.54 Å². The molecule has 0 unspecified atom stereocenters. The van der Waals surface area contributed by atoms with Gasteiger partial charge in [-0.3, -0.25) is 0 Å². The molecule has 1 aliphatic heterocycles. The molecule has 0 saturated carbocycles. The van der Waals surface area contributed by atoms with E-state index in [4.69, 9.17) is 20.9 Å². The highest BCUT2D eigenvalue weighted by molar-refractivity contribution is 14.0. The van der Waals surface area contributed by atoms with Crippen LogP contribution in [0.3, 0.4) is 0 Å². The highest BCUT2D eigenvalue weighted by atomic mass is 127. The molecule has 1 heterocycles. The lowest BCUT2D eigenvalue weighted by atomic mass is 10.2.